The monoisotopic (exact) mass is 450 g/mol. The molecular weight excluding hydrogens is 416 g/mol. The molecule has 0 radical (unpaired) electrons. The quantitative estimate of drug-likeness (QED) is 0.653. The third kappa shape index (κ3) is 3.78. The van der Waals surface area contributed by atoms with Crippen LogP contribution in [0, 0.1) is 17.3 Å². The highest BCUT2D eigenvalue weighted by molar-refractivity contribution is 6.05. The first-order valence-electron chi connectivity index (χ1n) is 12.1. The molecule has 33 heavy (non-hydrogen) atoms. The molecule has 5 atom stereocenters. The summed E-state index contributed by atoms with van der Waals surface area (Å²) in [7, 11) is 1.69. The molecule has 0 spiro atoms. The lowest BCUT2D eigenvalue weighted by Crippen LogP contribution is -2.53. The van der Waals surface area contributed by atoms with E-state index in [0.717, 1.165) is 55.9 Å². The van der Waals surface area contributed by atoms with Crippen molar-refractivity contribution in [3.63, 3.8) is 0 Å². The molecule has 0 amide bonds. The van der Waals surface area contributed by atoms with E-state index in [1.54, 1.807) is 13.2 Å². The molecule has 0 aromatic heterocycles. The number of methoxy groups -OCH3 is 1. The average molecular weight is 451 g/mol. The average Bonchev–Trinajstić information content (AvgIpc) is 3.11. The van der Waals surface area contributed by atoms with Gasteiger partial charge in [0.05, 0.1) is 13.0 Å². The normalized spacial score (nSPS) is 34.2. The van der Waals surface area contributed by atoms with Crippen LogP contribution in [0.4, 0.5) is 5.69 Å². The zero-order valence-corrected chi connectivity index (χ0v) is 20.0. The van der Waals surface area contributed by atoms with E-state index in [-0.39, 0.29) is 35.1 Å². The number of ketones is 1. The second-order valence-electron chi connectivity index (χ2n) is 10.3. The van der Waals surface area contributed by atoms with Crippen LogP contribution in [0.3, 0.4) is 0 Å². The summed E-state index contributed by atoms with van der Waals surface area (Å²) in [6.45, 7) is 9.74. The minimum Gasteiger partial charge on any atom is -0.497 e. The first kappa shape index (κ1) is 22.2. The van der Waals surface area contributed by atoms with Gasteiger partial charge < -0.3 is 14.4 Å². The number of carbonyl (C=O) groups excluding carboxylic acids is 2. The van der Waals surface area contributed by atoms with Gasteiger partial charge in [-0.1, -0.05) is 19.1 Å². The number of piperazine rings is 1. The van der Waals surface area contributed by atoms with Crippen molar-refractivity contribution < 1.29 is 19.1 Å². The van der Waals surface area contributed by atoms with E-state index in [1.807, 2.05) is 25.1 Å². The maximum absolute atomic E-state index is 13.0. The number of rotatable bonds is 4. The third-order valence-electron chi connectivity index (χ3n) is 8.28. The second kappa shape index (κ2) is 8.32. The van der Waals surface area contributed by atoms with Crippen LogP contribution < -0.4 is 9.64 Å². The van der Waals surface area contributed by atoms with Crippen molar-refractivity contribution in [2.24, 2.45) is 17.3 Å². The lowest BCUT2D eigenvalue weighted by molar-refractivity contribution is -0.144. The van der Waals surface area contributed by atoms with Crippen molar-refractivity contribution >= 4 is 17.4 Å². The van der Waals surface area contributed by atoms with Gasteiger partial charge in [0.2, 0.25) is 0 Å². The Morgan fingerprint density at radius 1 is 1.24 bits per heavy atom. The summed E-state index contributed by atoms with van der Waals surface area (Å²) in [5.74, 6) is 0.842. The topological polar surface area (TPSA) is 59.1 Å². The molecule has 1 saturated carbocycles. The predicted octanol–water partition coefficient (Wildman–Crippen LogP) is 3.62. The molecule has 2 saturated heterocycles. The van der Waals surface area contributed by atoms with Crippen LogP contribution in [-0.4, -0.2) is 62.1 Å². The molecule has 6 nitrogen and oxygen atoms in total. The van der Waals surface area contributed by atoms with Crippen molar-refractivity contribution in [1.82, 2.24) is 4.90 Å². The Labute approximate surface area is 196 Å². The third-order valence-corrected chi connectivity index (χ3v) is 8.28. The van der Waals surface area contributed by atoms with Crippen LogP contribution in [0.1, 0.15) is 33.6 Å². The Balaban J connectivity index is 1.29. The van der Waals surface area contributed by atoms with Crippen LogP contribution >= 0.6 is 0 Å². The highest BCUT2D eigenvalue weighted by atomic mass is 16.6. The molecule has 4 aliphatic rings. The number of ether oxygens (including phenoxy) is 2. The molecule has 2 aliphatic heterocycles. The van der Waals surface area contributed by atoms with Gasteiger partial charge >= 0.3 is 5.97 Å². The van der Waals surface area contributed by atoms with Gasteiger partial charge in [0.15, 0.2) is 5.78 Å². The maximum Gasteiger partial charge on any atom is 0.311 e. The standard InChI is InChI=1S/C27H34N2O4/c1-17-15-28(12-13-29(17)19-6-5-7-20(14-19)32-4)16-22-21-8-10-27(3)11-9-23(30)18(2)24(27)25(21)33-26(22)31/h5-7,9,11,14,17,21-22,25H,8,10,12-13,15-16H2,1-4H3/t17?,21-,22?,25-,27-/m0/s1. The SMILES string of the molecule is COc1cccc(N2CCN(CC3C(=O)O[C@@H]4C5=C(C)C(=O)C=C[C@]5(C)CC[C@@H]34)CC2C)c1. The highest BCUT2D eigenvalue weighted by Gasteiger charge is 2.54. The Morgan fingerprint density at radius 2 is 2.06 bits per heavy atom. The maximum atomic E-state index is 13.0. The largest absolute Gasteiger partial charge is 0.497 e. The predicted molar refractivity (Wildman–Crippen MR) is 127 cm³/mol. The van der Waals surface area contributed by atoms with E-state index in [9.17, 15) is 9.59 Å². The molecule has 2 heterocycles. The van der Waals surface area contributed by atoms with Crippen molar-refractivity contribution in [2.45, 2.75) is 45.8 Å². The lowest BCUT2D eigenvalue weighted by Gasteiger charge is -2.44. The van der Waals surface area contributed by atoms with Gasteiger partial charge in [-0.15, -0.1) is 0 Å². The molecule has 5 rings (SSSR count). The van der Waals surface area contributed by atoms with E-state index in [2.05, 4.69) is 35.8 Å². The van der Waals surface area contributed by atoms with Crippen LogP contribution in [0.5, 0.6) is 5.75 Å². The van der Waals surface area contributed by atoms with E-state index in [1.165, 1.54) is 5.69 Å². The number of carbonyl (C=O) groups is 2. The number of fused-ring (bicyclic) bond motifs is 3. The number of hydrogen-bond donors (Lipinski definition) is 0. The molecule has 0 bridgehead atoms. The van der Waals surface area contributed by atoms with Gasteiger partial charge in [0, 0.05) is 60.9 Å². The fourth-order valence-corrected chi connectivity index (χ4v) is 6.43. The second-order valence-corrected chi connectivity index (χ2v) is 10.3. The zero-order chi connectivity index (χ0) is 23.3. The van der Waals surface area contributed by atoms with Gasteiger partial charge in [-0.3, -0.25) is 14.5 Å². The van der Waals surface area contributed by atoms with Crippen LogP contribution in [0.15, 0.2) is 47.6 Å². The van der Waals surface area contributed by atoms with Gasteiger partial charge in [-0.25, -0.2) is 0 Å². The molecule has 1 aromatic carbocycles. The van der Waals surface area contributed by atoms with E-state index in [0.29, 0.717) is 6.04 Å². The summed E-state index contributed by atoms with van der Waals surface area (Å²) < 4.78 is 11.4. The lowest BCUT2D eigenvalue weighted by atomic mass is 9.61. The van der Waals surface area contributed by atoms with Crippen molar-refractivity contribution in [2.75, 3.05) is 38.2 Å². The summed E-state index contributed by atoms with van der Waals surface area (Å²) in [5, 5.41) is 0. The molecule has 6 heteroatoms. The van der Waals surface area contributed by atoms with Gasteiger partial charge in [0.25, 0.3) is 0 Å². The van der Waals surface area contributed by atoms with Gasteiger partial charge in [-0.2, -0.15) is 0 Å². The summed E-state index contributed by atoms with van der Waals surface area (Å²) in [4.78, 5) is 30.2. The zero-order valence-electron chi connectivity index (χ0n) is 20.0. The Morgan fingerprint density at radius 3 is 2.82 bits per heavy atom. The minimum atomic E-state index is -0.259. The first-order chi connectivity index (χ1) is 15.8. The van der Waals surface area contributed by atoms with E-state index < -0.39 is 0 Å². The van der Waals surface area contributed by atoms with Crippen molar-refractivity contribution in [1.29, 1.82) is 0 Å². The van der Waals surface area contributed by atoms with E-state index in [4.69, 9.17) is 9.47 Å². The van der Waals surface area contributed by atoms with Crippen LogP contribution in [0.2, 0.25) is 0 Å². The number of benzene rings is 1. The summed E-state index contributed by atoms with van der Waals surface area (Å²) in [5.41, 5.74) is 2.80. The number of esters is 1. The van der Waals surface area contributed by atoms with Crippen LogP contribution in [0.25, 0.3) is 0 Å². The Hall–Kier alpha value is -2.60. The molecule has 0 N–H and O–H groups in total. The molecule has 2 aliphatic carbocycles. The molecule has 2 unspecified atom stereocenters. The smallest absolute Gasteiger partial charge is 0.311 e. The Kier molecular flexibility index (Phi) is 5.60. The van der Waals surface area contributed by atoms with Gasteiger partial charge in [0.1, 0.15) is 11.9 Å². The highest BCUT2D eigenvalue weighted by Crippen LogP contribution is 2.53. The van der Waals surface area contributed by atoms with Crippen molar-refractivity contribution in [3.8, 4) is 5.75 Å². The van der Waals surface area contributed by atoms with E-state index >= 15 is 0 Å². The number of allylic oxidation sites excluding steroid dienone is 3. The summed E-state index contributed by atoms with van der Waals surface area (Å²) >= 11 is 0. The molecular formula is C27H34N2O4. The number of nitrogens with zero attached hydrogens (tertiary/aromatic N) is 2. The first-order valence-corrected chi connectivity index (χ1v) is 12.1. The number of hydrogen-bond acceptors (Lipinski definition) is 6. The van der Waals surface area contributed by atoms with Gasteiger partial charge in [-0.05, 0) is 50.5 Å². The fourth-order valence-electron chi connectivity index (χ4n) is 6.43. The summed E-state index contributed by atoms with van der Waals surface area (Å²) in [6.07, 6.45) is 5.36. The van der Waals surface area contributed by atoms with Crippen molar-refractivity contribution in [3.05, 3.63) is 47.6 Å². The molecule has 3 fully saturated rings. The minimum absolute atomic E-state index is 0.0464. The number of anilines is 1. The molecule has 1 aromatic rings. The van der Waals surface area contributed by atoms with Crippen LogP contribution in [-0.2, 0) is 14.3 Å². The molecule has 176 valence electrons. The summed E-state index contributed by atoms with van der Waals surface area (Å²) in [6, 6.07) is 8.54. The Bertz CT molecular complexity index is 1030. The fraction of sp³-hybridized carbons (Fsp3) is 0.556.